The Balaban J connectivity index is 2.32. The number of nitrogens with zero attached hydrogens (tertiary/aromatic N) is 1. The lowest BCUT2D eigenvalue weighted by atomic mass is 10.3. The molecule has 1 aliphatic heterocycles. The average molecular weight is 212 g/mol. The first kappa shape index (κ1) is 12.2. The highest BCUT2D eigenvalue weighted by Crippen LogP contribution is 2.05. The Morgan fingerprint density at radius 1 is 1.73 bits per heavy atom. The molecule has 0 aromatic carbocycles. The molecule has 1 N–H and O–H groups in total. The molecule has 1 unspecified atom stereocenters. The third-order valence-corrected chi connectivity index (χ3v) is 2.37. The summed E-state index contributed by atoms with van der Waals surface area (Å²) in [6.07, 6.45) is 2.83. The van der Waals surface area contributed by atoms with Gasteiger partial charge in [0.1, 0.15) is 0 Å². The first-order chi connectivity index (χ1) is 7.24. The average Bonchev–Trinajstić information content (AvgIpc) is 2.43. The molecule has 1 aliphatic rings. The highest BCUT2D eigenvalue weighted by atomic mass is 16.5. The van der Waals surface area contributed by atoms with Gasteiger partial charge >= 0.3 is 0 Å². The predicted octanol–water partition coefficient (Wildman–Crippen LogP) is 0.399. The summed E-state index contributed by atoms with van der Waals surface area (Å²) in [5.74, 6) is 0.147. The molecule has 1 heterocycles. The Labute approximate surface area is 91.3 Å². The van der Waals surface area contributed by atoms with Crippen molar-refractivity contribution in [2.45, 2.75) is 19.4 Å². The zero-order valence-corrected chi connectivity index (χ0v) is 9.37. The molecule has 0 saturated carbocycles. The third kappa shape index (κ3) is 4.44. The maximum Gasteiger partial charge on any atom is 0.236 e. The quantitative estimate of drug-likeness (QED) is 0.542. The molecule has 1 fully saturated rings. The minimum Gasteiger partial charge on any atom is -0.377 e. The summed E-state index contributed by atoms with van der Waals surface area (Å²) in [4.78, 5) is 13.6. The molecule has 4 heteroatoms. The molecule has 1 saturated heterocycles. The van der Waals surface area contributed by atoms with E-state index in [1.807, 2.05) is 11.8 Å². The van der Waals surface area contributed by atoms with Gasteiger partial charge in [-0.25, -0.2) is 0 Å². The normalized spacial score (nSPS) is 22.2. The fraction of sp³-hybridized carbons (Fsp3) is 0.727. The SMILES string of the molecule is C=CCNCC(=O)N1CCCOC(C)C1. The molecule has 1 rings (SSSR count). The number of amides is 1. The Bertz CT molecular complexity index is 219. The van der Waals surface area contributed by atoms with Crippen LogP contribution in [0, 0.1) is 0 Å². The van der Waals surface area contributed by atoms with Gasteiger partial charge in [0.05, 0.1) is 12.6 Å². The van der Waals surface area contributed by atoms with E-state index in [1.54, 1.807) is 6.08 Å². The van der Waals surface area contributed by atoms with Crippen molar-refractivity contribution in [2.24, 2.45) is 0 Å². The molecule has 86 valence electrons. The standard InChI is InChI=1S/C11H20N2O2/c1-3-5-12-8-11(14)13-6-4-7-15-10(2)9-13/h3,10,12H,1,4-9H2,2H3. The molecule has 0 spiro atoms. The van der Waals surface area contributed by atoms with E-state index in [1.165, 1.54) is 0 Å². The highest BCUT2D eigenvalue weighted by Gasteiger charge is 2.18. The van der Waals surface area contributed by atoms with Crippen LogP contribution in [0.1, 0.15) is 13.3 Å². The van der Waals surface area contributed by atoms with Crippen LogP contribution in [0.3, 0.4) is 0 Å². The van der Waals surface area contributed by atoms with Gasteiger partial charge in [-0.1, -0.05) is 6.08 Å². The molecule has 1 amide bonds. The Morgan fingerprint density at radius 2 is 2.53 bits per heavy atom. The first-order valence-electron chi connectivity index (χ1n) is 5.45. The molecule has 4 nitrogen and oxygen atoms in total. The Morgan fingerprint density at radius 3 is 3.27 bits per heavy atom. The van der Waals surface area contributed by atoms with E-state index in [4.69, 9.17) is 4.74 Å². The number of carbonyl (C=O) groups excluding carboxylic acids is 1. The molecular formula is C11H20N2O2. The van der Waals surface area contributed by atoms with Crippen molar-refractivity contribution in [3.63, 3.8) is 0 Å². The van der Waals surface area contributed by atoms with E-state index < -0.39 is 0 Å². The van der Waals surface area contributed by atoms with Crippen molar-refractivity contribution in [2.75, 3.05) is 32.8 Å². The van der Waals surface area contributed by atoms with Crippen LogP contribution < -0.4 is 5.32 Å². The predicted molar refractivity (Wildman–Crippen MR) is 59.7 cm³/mol. The molecule has 0 aromatic heterocycles. The minimum atomic E-state index is 0.147. The van der Waals surface area contributed by atoms with Crippen LogP contribution in [0.2, 0.25) is 0 Å². The smallest absolute Gasteiger partial charge is 0.236 e. The van der Waals surface area contributed by atoms with Gasteiger partial charge in [-0.3, -0.25) is 4.79 Å². The number of rotatable bonds is 4. The van der Waals surface area contributed by atoms with Crippen molar-refractivity contribution in [1.82, 2.24) is 10.2 Å². The van der Waals surface area contributed by atoms with E-state index in [0.717, 1.165) is 19.6 Å². The lowest BCUT2D eigenvalue weighted by Gasteiger charge is -2.22. The van der Waals surface area contributed by atoms with E-state index in [2.05, 4.69) is 11.9 Å². The van der Waals surface area contributed by atoms with Crippen LogP contribution in [-0.2, 0) is 9.53 Å². The zero-order chi connectivity index (χ0) is 11.1. The van der Waals surface area contributed by atoms with Gasteiger partial charge in [0, 0.05) is 26.2 Å². The van der Waals surface area contributed by atoms with Crippen molar-refractivity contribution < 1.29 is 9.53 Å². The Hall–Kier alpha value is -0.870. The van der Waals surface area contributed by atoms with Gasteiger partial charge in [0.2, 0.25) is 5.91 Å². The number of hydrogen-bond acceptors (Lipinski definition) is 3. The first-order valence-corrected chi connectivity index (χ1v) is 5.45. The maximum absolute atomic E-state index is 11.7. The molecule has 0 bridgehead atoms. The summed E-state index contributed by atoms with van der Waals surface area (Å²) in [5.41, 5.74) is 0. The van der Waals surface area contributed by atoms with Crippen LogP contribution in [0.5, 0.6) is 0 Å². The fourth-order valence-corrected chi connectivity index (χ4v) is 1.61. The number of ether oxygens (including phenoxy) is 1. The lowest BCUT2D eigenvalue weighted by molar-refractivity contribution is -0.130. The zero-order valence-electron chi connectivity index (χ0n) is 9.37. The summed E-state index contributed by atoms with van der Waals surface area (Å²) in [6, 6.07) is 0. The second-order valence-corrected chi connectivity index (χ2v) is 3.79. The number of carbonyl (C=O) groups is 1. The van der Waals surface area contributed by atoms with Crippen molar-refractivity contribution >= 4 is 5.91 Å². The van der Waals surface area contributed by atoms with Gasteiger partial charge < -0.3 is 15.0 Å². The van der Waals surface area contributed by atoms with Crippen LogP contribution in [-0.4, -0.2) is 49.7 Å². The van der Waals surface area contributed by atoms with Gasteiger partial charge in [-0.15, -0.1) is 6.58 Å². The second-order valence-electron chi connectivity index (χ2n) is 3.79. The van der Waals surface area contributed by atoms with Crippen LogP contribution >= 0.6 is 0 Å². The largest absolute Gasteiger partial charge is 0.377 e. The summed E-state index contributed by atoms with van der Waals surface area (Å²) in [6.45, 7) is 8.91. The third-order valence-electron chi connectivity index (χ3n) is 2.37. The summed E-state index contributed by atoms with van der Waals surface area (Å²) in [5, 5.41) is 3.02. The molecule has 1 atom stereocenters. The van der Waals surface area contributed by atoms with Crippen molar-refractivity contribution in [1.29, 1.82) is 0 Å². The molecule has 0 radical (unpaired) electrons. The van der Waals surface area contributed by atoms with E-state index >= 15 is 0 Å². The second kappa shape index (κ2) is 6.58. The van der Waals surface area contributed by atoms with Gasteiger partial charge in [-0.05, 0) is 13.3 Å². The summed E-state index contributed by atoms with van der Waals surface area (Å²) in [7, 11) is 0. The molecule has 0 aromatic rings. The van der Waals surface area contributed by atoms with Crippen molar-refractivity contribution in [3.8, 4) is 0 Å². The maximum atomic E-state index is 11.7. The van der Waals surface area contributed by atoms with Crippen LogP contribution in [0.25, 0.3) is 0 Å². The van der Waals surface area contributed by atoms with Gasteiger partial charge in [0.15, 0.2) is 0 Å². The lowest BCUT2D eigenvalue weighted by Crippen LogP contribution is -2.41. The van der Waals surface area contributed by atoms with E-state index in [0.29, 0.717) is 19.6 Å². The monoisotopic (exact) mass is 212 g/mol. The topological polar surface area (TPSA) is 41.6 Å². The minimum absolute atomic E-state index is 0.147. The van der Waals surface area contributed by atoms with E-state index in [-0.39, 0.29) is 12.0 Å². The molecule has 0 aliphatic carbocycles. The van der Waals surface area contributed by atoms with Crippen LogP contribution in [0.15, 0.2) is 12.7 Å². The molecule has 15 heavy (non-hydrogen) atoms. The number of nitrogens with one attached hydrogen (secondary N) is 1. The number of hydrogen-bond donors (Lipinski definition) is 1. The van der Waals surface area contributed by atoms with Crippen molar-refractivity contribution in [3.05, 3.63) is 12.7 Å². The molecular weight excluding hydrogens is 192 g/mol. The van der Waals surface area contributed by atoms with Gasteiger partial charge in [0.25, 0.3) is 0 Å². The van der Waals surface area contributed by atoms with E-state index in [9.17, 15) is 4.79 Å². The Kier molecular flexibility index (Phi) is 5.36. The summed E-state index contributed by atoms with van der Waals surface area (Å²) < 4.78 is 5.48. The van der Waals surface area contributed by atoms with Gasteiger partial charge in [-0.2, -0.15) is 0 Å². The summed E-state index contributed by atoms with van der Waals surface area (Å²) >= 11 is 0. The fourth-order valence-electron chi connectivity index (χ4n) is 1.61. The highest BCUT2D eigenvalue weighted by molar-refractivity contribution is 5.78. The van der Waals surface area contributed by atoms with Crippen LogP contribution in [0.4, 0.5) is 0 Å².